The molecule has 0 aliphatic rings. The number of unbranched alkanes of at least 4 members (excludes halogenated alkanes) is 1. The molecule has 0 saturated carbocycles. The average Bonchev–Trinajstić information content (AvgIpc) is 2.80. The summed E-state index contributed by atoms with van der Waals surface area (Å²) in [6.07, 6.45) is 2.93. The van der Waals surface area contributed by atoms with Crippen molar-refractivity contribution in [1.29, 1.82) is 0 Å². The number of carboxylic acid groups (broad SMARTS) is 1. The molecular weight excluding hydrogens is 412 g/mol. The number of nitrogens with one attached hydrogen (secondary N) is 1. The predicted octanol–water partition coefficient (Wildman–Crippen LogP) is 2.14. The van der Waals surface area contributed by atoms with E-state index < -0.39 is 12.0 Å². The summed E-state index contributed by atoms with van der Waals surface area (Å²) in [5, 5.41) is 10.9. The van der Waals surface area contributed by atoms with E-state index in [0.29, 0.717) is 30.8 Å². The molecule has 0 bridgehead atoms. The van der Waals surface area contributed by atoms with Crippen LogP contribution in [-0.4, -0.2) is 43.0 Å². The Morgan fingerprint density at radius 2 is 1.78 bits per heavy atom. The van der Waals surface area contributed by atoms with E-state index in [4.69, 9.17) is 27.0 Å². The van der Waals surface area contributed by atoms with Crippen molar-refractivity contribution in [3.05, 3.63) is 59.7 Å². The highest BCUT2D eigenvalue weighted by atomic mass is 16.5. The Labute approximate surface area is 188 Å². The second-order valence-corrected chi connectivity index (χ2v) is 6.71. The summed E-state index contributed by atoms with van der Waals surface area (Å²) in [5.74, 6) is -0.186. The van der Waals surface area contributed by atoms with Crippen LogP contribution in [0.3, 0.4) is 0 Å². The molecule has 1 atom stereocenters. The number of aliphatic carboxylic acids is 1. The lowest BCUT2D eigenvalue weighted by Gasteiger charge is -2.03. The van der Waals surface area contributed by atoms with Gasteiger partial charge in [-0.05, 0) is 61.3 Å². The van der Waals surface area contributed by atoms with Crippen LogP contribution in [-0.2, 0) is 16.1 Å². The average molecular weight is 447 g/mol. The molecular formula is C23H34N4O5. The van der Waals surface area contributed by atoms with Crippen molar-refractivity contribution in [2.45, 2.75) is 38.8 Å². The summed E-state index contributed by atoms with van der Waals surface area (Å²) in [6.45, 7) is 2.61. The van der Waals surface area contributed by atoms with E-state index >= 15 is 0 Å². The van der Waals surface area contributed by atoms with Crippen LogP contribution in [0.25, 0.3) is 0 Å². The van der Waals surface area contributed by atoms with Gasteiger partial charge in [0.1, 0.15) is 18.1 Å². The molecule has 176 valence electrons. The number of anilines is 1. The first-order chi connectivity index (χ1) is 15.3. The van der Waals surface area contributed by atoms with Crippen LogP contribution in [0.15, 0.2) is 48.5 Å². The van der Waals surface area contributed by atoms with Crippen molar-refractivity contribution >= 4 is 23.9 Å². The van der Waals surface area contributed by atoms with Crippen molar-refractivity contribution in [2.24, 2.45) is 17.2 Å². The van der Waals surface area contributed by atoms with Gasteiger partial charge in [-0.25, -0.2) is 0 Å². The van der Waals surface area contributed by atoms with E-state index in [2.05, 4.69) is 5.32 Å². The van der Waals surface area contributed by atoms with Gasteiger partial charge in [-0.2, -0.15) is 0 Å². The van der Waals surface area contributed by atoms with E-state index in [1.54, 1.807) is 31.4 Å². The maximum atomic E-state index is 10.6. The summed E-state index contributed by atoms with van der Waals surface area (Å²) >= 11 is 0. The van der Waals surface area contributed by atoms with Gasteiger partial charge in [-0.3, -0.25) is 14.4 Å². The molecule has 9 heteroatoms. The van der Waals surface area contributed by atoms with Gasteiger partial charge in [0.25, 0.3) is 0 Å². The third-order valence-corrected chi connectivity index (χ3v) is 4.02. The van der Waals surface area contributed by atoms with Crippen LogP contribution in [0.2, 0.25) is 0 Å². The van der Waals surface area contributed by atoms with E-state index in [1.165, 1.54) is 6.92 Å². The SMILES string of the molecule is CC(=O)Nc1ccc(C=O)cc1.COc1cccc(CN)c1.NCCCC[C@H](N)C(=O)O. The molecule has 0 radical (unpaired) electrons. The molecule has 2 rings (SSSR count). The summed E-state index contributed by atoms with van der Waals surface area (Å²) in [7, 11) is 1.65. The molecule has 2 aromatic rings. The van der Waals surface area contributed by atoms with Gasteiger partial charge in [0.2, 0.25) is 5.91 Å². The van der Waals surface area contributed by atoms with Gasteiger partial charge in [-0.15, -0.1) is 0 Å². The molecule has 2 aromatic carbocycles. The molecule has 0 spiro atoms. The second-order valence-electron chi connectivity index (χ2n) is 6.71. The second kappa shape index (κ2) is 17.4. The summed E-state index contributed by atoms with van der Waals surface area (Å²) in [5.41, 5.74) is 18.2. The van der Waals surface area contributed by atoms with Crippen LogP contribution in [0.1, 0.15) is 42.1 Å². The predicted molar refractivity (Wildman–Crippen MR) is 126 cm³/mol. The molecule has 32 heavy (non-hydrogen) atoms. The first kappa shape index (κ1) is 28.7. The van der Waals surface area contributed by atoms with Crippen LogP contribution < -0.4 is 27.3 Å². The molecule has 1 amide bonds. The van der Waals surface area contributed by atoms with Gasteiger partial charge in [0.15, 0.2) is 0 Å². The minimum Gasteiger partial charge on any atom is -0.497 e. The zero-order valence-electron chi connectivity index (χ0n) is 18.6. The number of ether oxygens (including phenoxy) is 1. The van der Waals surface area contributed by atoms with E-state index in [-0.39, 0.29) is 5.91 Å². The lowest BCUT2D eigenvalue weighted by molar-refractivity contribution is -0.138. The summed E-state index contributed by atoms with van der Waals surface area (Å²) in [4.78, 5) is 31.0. The monoisotopic (exact) mass is 446 g/mol. The first-order valence-electron chi connectivity index (χ1n) is 10.1. The maximum absolute atomic E-state index is 10.6. The standard InChI is InChI=1S/C9H9NO2.C8H11NO.C6H14N2O2/c1-7(12)10-9-4-2-8(6-11)3-5-9;1-10-8-4-2-3-7(5-8)6-9;7-4-2-1-3-5(8)6(9)10/h2-6H,1H3,(H,10,12);2-5H,6,9H2,1H3;5H,1-4,7-8H2,(H,9,10)/t;;5-/m..0/s1. The number of carbonyl (C=O) groups excluding carboxylic acids is 2. The summed E-state index contributed by atoms with van der Waals surface area (Å²) in [6, 6.07) is 13.7. The molecule has 0 saturated heterocycles. The highest BCUT2D eigenvalue weighted by molar-refractivity contribution is 5.89. The maximum Gasteiger partial charge on any atom is 0.320 e. The molecule has 9 nitrogen and oxygen atoms in total. The molecule has 0 fully saturated rings. The van der Waals surface area contributed by atoms with Crippen molar-refractivity contribution in [3.8, 4) is 5.75 Å². The number of benzene rings is 2. The number of hydrogen-bond acceptors (Lipinski definition) is 7. The Kier molecular flexibility index (Phi) is 15.6. The Balaban J connectivity index is 0.000000454. The summed E-state index contributed by atoms with van der Waals surface area (Å²) < 4.78 is 5.00. The largest absolute Gasteiger partial charge is 0.497 e. The van der Waals surface area contributed by atoms with Gasteiger partial charge in [0.05, 0.1) is 7.11 Å². The van der Waals surface area contributed by atoms with Gasteiger partial charge < -0.3 is 32.4 Å². The van der Waals surface area contributed by atoms with Gasteiger partial charge in [-0.1, -0.05) is 18.6 Å². The number of aldehydes is 1. The third kappa shape index (κ3) is 13.9. The number of carboxylic acids is 1. The van der Waals surface area contributed by atoms with Crippen molar-refractivity contribution < 1.29 is 24.2 Å². The Morgan fingerprint density at radius 3 is 2.25 bits per heavy atom. The zero-order valence-corrected chi connectivity index (χ0v) is 18.6. The molecule has 8 N–H and O–H groups in total. The van der Waals surface area contributed by atoms with Gasteiger partial charge >= 0.3 is 5.97 Å². The minimum atomic E-state index is -0.933. The molecule has 0 aromatic heterocycles. The topological polar surface area (TPSA) is 171 Å². The number of rotatable bonds is 9. The van der Waals surface area contributed by atoms with Crippen LogP contribution in [0.4, 0.5) is 5.69 Å². The van der Waals surface area contributed by atoms with Crippen LogP contribution in [0, 0.1) is 0 Å². The van der Waals surface area contributed by atoms with Crippen molar-refractivity contribution in [1.82, 2.24) is 0 Å². The highest BCUT2D eigenvalue weighted by Crippen LogP contribution is 2.11. The molecule has 0 heterocycles. The fraction of sp³-hybridized carbons (Fsp3) is 0.348. The van der Waals surface area contributed by atoms with Crippen molar-refractivity contribution in [3.63, 3.8) is 0 Å². The fourth-order valence-electron chi connectivity index (χ4n) is 2.28. The zero-order chi connectivity index (χ0) is 24.4. The fourth-order valence-corrected chi connectivity index (χ4v) is 2.28. The normalized spacial score (nSPS) is 10.4. The smallest absolute Gasteiger partial charge is 0.320 e. The number of carbonyl (C=O) groups is 3. The van der Waals surface area contributed by atoms with E-state index in [1.807, 2.05) is 24.3 Å². The van der Waals surface area contributed by atoms with Crippen LogP contribution >= 0.6 is 0 Å². The number of hydrogen-bond donors (Lipinski definition) is 5. The Bertz CT molecular complexity index is 793. The molecule has 0 aliphatic heterocycles. The Morgan fingerprint density at radius 1 is 1.12 bits per heavy atom. The minimum absolute atomic E-state index is 0.117. The van der Waals surface area contributed by atoms with E-state index in [9.17, 15) is 14.4 Å². The number of amides is 1. The first-order valence-corrected chi connectivity index (χ1v) is 10.1. The Hall–Kier alpha value is -3.27. The lowest BCUT2D eigenvalue weighted by atomic mass is 10.1. The number of nitrogens with two attached hydrogens (primary N) is 3. The third-order valence-electron chi connectivity index (χ3n) is 4.02. The number of methoxy groups -OCH3 is 1. The molecule has 0 aliphatic carbocycles. The lowest BCUT2D eigenvalue weighted by Crippen LogP contribution is -2.29. The van der Waals surface area contributed by atoms with Gasteiger partial charge in [0, 0.05) is 24.7 Å². The highest BCUT2D eigenvalue weighted by Gasteiger charge is 2.09. The quantitative estimate of drug-likeness (QED) is 0.288. The van der Waals surface area contributed by atoms with Crippen LogP contribution in [0.5, 0.6) is 5.75 Å². The van der Waals surface area contributed by atoms with E-state index in [0.717, 1.165) is 30.4 Å². The van der Waals surface area contributed by atoms with Crippen molar-refractivity contribution in [2.75, 3.05) is 19.0 Å². The molecule has 0 unspecified atom stereocenters.